The maximum absolute atomic E-state index is 12.1. The van der Waals surface area contributed by atoms with Gasteiger partial charge in [-0.05, 0) is 29.8 Å². The quantitative estimate of drug-likeness (QED) is 0.573. The number of phenolic OH excluding ortho intramolecular Hbond substituents is 1. The Morgan fingerprint density at radius 2 is 1.92 bits per heavy atom. The number of aromatic hydroxyl groups is 1. The molecular weight excluding hydrogens is 328 g/mol. The van der Waals surface area contributed by atoms with E-state index in [2.05, 4.69) is 10.3 Å². The molecule has 2 aromatic carbocycles. The van der Waals surface area contributed by atoms with Gasteiger partial charge in [-0.15, -0.1) is 0 Å². The Balaban J connectivity index is 1.68. The minimum absolute atomic E-state index is 0.0952. The lowest BCUT2D eigenvalue weighted by molar-refractivity contribution is 0.174. The number of halogens is 1. The van der Waals surface area contributed by atoms with Crippen LogP contribution in [0.1, 0.15) is 17.4 Å². The number of rotatable bonds is 5. The second kappa shape index (κ2) is 7.05. The number of benzene rings is 2. The second-order valence-electron chi connectivity index (χ2n) is 5.56. The van der Waals surface area contributed by atoms with Crippen LogP contribution >= 0.6 is 11.6 Å². The van der Waals surface area contributed by atoms with E-state index in [-0.39, 0.29) is 11.2 Å². The minimum atomic E-state index is -0.707. The Morgan fingerprint density at radius 1 is 1.17 bits per heavy atom. The highest BCUT2D eigenvalue weighted by Gasteiger charge is 2.08. The summed E-state index contributed by atoms with van der Waals surface area (Å²) in [6.45, 7) is 0.707. The number of H-pyrrole nitrogens is 1. The lowest BCUT2D eigenvalue weighted by atomic mass is 10.1. The lowest BCUT2D eigenvalue weighted by Crippen LogP contribution is -2.22. The Kier molecular flexibility index (Phi) is 4.85. The number of para-hydroxylation sites is 1. The summed E-state index contributed by atoms with van der Waals surface area (Å²) in [5.41, 5.74) is 1.92. The predicted molar refractivity (Wildman–Crippen MR) is 94.4 cm³/mol. The molecule has 0 saturated carbocycles. The number of hydrogen-bond donors (Lipinski definition) is 4. The van der Waals surface area contributed by atoms with Crippen molar-refractivity contribution >= 4 is 22.5 Å². The monoisotopic (exact) mass is 344 g/mol. The molecular formula is C18H17ClN2O3. The van der Waals surface area contributed by atoms with Gasteiger partial charge in [0.2, 0.25) is 0 Å². The van der Waals surface area contributed by atoms with E-state index in [1.807, 2.05) is 0 Å². The van der Waals surface area contributed by atoms with Gasteiger partial charge in [-0.3, -0.25) is 4.79 Å². The van der Waals surface area contributed by atoms with Crippen molar-refractivity contribution in [1.82, 2.24) is 10.3 Å². The van der Waals surface area contributed by atoms with E-state index >= 15 is 0 Å². The molecule has 0 saturated heterocycles. The molecule has 1 atom stereocenters. The zero-order chi connectivity index (χ0) is 17.1. The molecule has 0 aliphatic rings. The molecule has 1 unspecified atom stereocenters. The smallest absolute Gasteiger partial charge is 0.189 e. The molecule has 0 fully saturated rings. The Bertz CT molecular complexity index is 906. The second-order valence-corrected chi connectivity index (χ2v) is 5.97. The molecule has 0 aliphatic carbocycles. The summed E-state index contributed by atoms with van der Waals surface area (Å²) in [7, 11) is 0. The number of hydrogen-bond acceptors (Lipinski definition) is 4. The third-order valence-corrected chi connectivity index (χ3v) is 4.12. The van der Waals surface area contributed by atoms with E-state index in [9.17, 15) is 15.0 Å². The van der Waals surface area contributed by atoms with Crippen LogP contribution in [-0.2, 0) is 6.54 Å². The number of aliphatic hydroxyl groups excluding tert-OH is 1. The fraction of sp³-hybridized carbons (Fsp3) is 0.167. The number of nitrogens with one attached hydrogen (secondary N) is 2. The van der Waals surface area contributed by atoms with Crippen molar-refractivity contribution in [3.8, 4) is 5.75 Å². The number of fused-ring (bicyclic) bond motifs is 1. The largest absolute Gasteiger partial charge is 0.508 e. The third-order valence-electron chi connectivity index (χ3n) is 3.80. The molecule has 0 aliphatic heterocycles. The van der Waals surface area contributed by atoms with Crippen LogP contribution in [0.4, 0.5) is 0 Å². The van der Waals surface area contributed by atoms with Crippen LogP contribution < -0.4 is 10.7 Å². The first kappa shape index (κ1) is 16.5. The minimum Gasteiger partial charge on any atom is -0.508 e. The Labute approximate surface area is 143 Å². The van der Waals surface area contributed by atoms with Crippen LogP contribution in [0, 0.1) is 0 Å². The van der Waals surface area contributed by atoms with Crippen LogP contribution in [0.5, 0.6) is 5.75 Å². The standard InChI is InChI=1S/C18H17ClN2O3/c19-15-3-1-2-14-16(23)8-12(21-18(14)15)9-20-10-17(24)11-4-6-13(22)7-5-11/h1-8,17,20,22,24H,9-10H2,(H,21,23). The molecule has 1 aromatic heterocycles. The summed E-state index contributed by atoms with van der Waals surface area (Å²) < 4.78 is 0. The van der Waals surface area contributed by atoms with E-state index in [1.54, 1.807) is 30.3 Å². The summed E-state index contributed by atoms with van der Waals surface area (Å²) in [6, 6.07) is 13.1. The zero-order valence-electron chi connectivity index (χ0n) is 12.8. The maximum Gasteiger partial charge on any atom is 0.189 e. The van der Waals surface area contributed by atoms with Gasteiger partial charge in [-0.2, -0.15) is 0 Å². The molecule has 124 valence electrons. The van der Waals surface area contributed by atoms with Gasteiger partial charge in [0.25, 0.3) is 0 Å². The van der Waals surface area contributed by atoms with Gasteiger partial charge in [0.1, 0.15) is 5.75 Å². The van der Waals surface area contributed by atoms with E-state index in [0.717, 1.165) is 0 Å². The van der Waals surface area contributed by atoms with Crippen LogP contribution in [0.15, 0.2) is 53.3 Å². The predicted octanol–water partition coefficient (Wildman–Crippen LogP) is 2.71. The highest BCUT2D eigenvalue weighted by Crippen LogP contribution is 2.19. The summed E-state index contributed by atoms with van der Waals surface area (Å²) in [5.74, 6) is 0.157. The van der Waals surface area contributed by atoms with Crippen molar-refractivity contribution in [3.63, 3.8) is 0 Å². The van der Waals surface area contributed by atoms with E-state index in [0.29, 0.717) is 40.3 Å². The molecule has 5 nitrogen and oxygen atoms in total. The molecule has 6 heteroatoms. The number of aromatic amines is 1. The summed E-state index contributed by atoms with van der Waals surface area (Å²) >= 11 is 6.13. The first-order valence-electron chi connectivity index (χ1n) is 7.53. The van der Waals surface area contributed by atoms with Gasteiger partial charge in [-0.1, -0.05) is 29.8 Å². The molecule has 24 heavy (non-hydrogen) atoms. The van der Waals surface area contributed by atoms with E-state index in [1.165, 1.54) is 18.2 Å². The molecule has 3 aromatic rings. The average Bonchev–Trinajstić information content (AvgIpc) is 2.56. The van der Waals surface area contributed by atoms with Gasteiger partial charge in [0.05, 0.1) is 16.6 Å². The van der Waals surface area contributed by atoms with Gasteiger partial charge in [-0.25, -0.2) is 0 Å². The fourth-order valence-electron chi connectivity index (χ4n) is 2.54. The van der Waals surface area contributed by atoms with Crippen molar-refractivity contribution in [2.45, 2.75) is 12.6 Å². The molecule has 3 rings (SSSR count). The SMILES string of the molecule is O=c1cc(CNCC(O)c2ccc(O)cc2)[nH]c2c(Cl)cccc12. The number of aromatic nitrogens is 1. The average molecular weight is 345 g/mol. The topological polar surface area (TPSA) is 85.3 Å². The van der Waals surface area contributed by atoms with Crippen molar-refractivity contribution in [2.75, 3.05) is 6.54 Å². The Morgan fingerprint density at radius 3 is 2.67 bits per heavy atom. The lowest BCUT2D eigenvalue weighted by Gasteiger charge is -2.13. The maximum atomic E-state index is 12.1. The van der Waals surface area contributed by atoms with Crippen molar-refractivity contribution in [2.24, 2.45) is 0 Å². The van der Waals surface area contributed by atoms with Crippen LogP contribution in [0.25, 0.3) is 10.9 Å². The van der Waals surface area contributed by atoms with Gasteiger partial charge in [0.15, 0.2) is 5.43 Å². The molecule has 0 amide bonds. The summed E-state index contributed by atoms with van der Waals surface area (Å²) in [4.78, 5) is 15.3. The van der Waals surface area contributed by atoms with Gasteiger partial charge in [0, 0.05) is 30.2 Å². The molecule has 4 N–H and O–H groups in total. The zero-order valence-corrected chi connectivity index (χ0v) is 13.5. The molecule has 0 spiro atoms. The molecule has 0 bridgehead atoms. The van der Waals surface area contributed by atoms with Gasteiger partial charge >= 0.3 is 0 Å². The van der Waals surface area contributed by atoms with Crippen LogP contribution in [-0.4, -0.2) is 21.7 Å². The van der Waals surface area contributed by atoms with E-state index < -0.39 is 6.10 Å². The first-order valence-corrected chi connectivity index (χ1v) is 7.90. The normalized spacial score (nSPS) is 12.4. The first-order chi connectivity index (χ1) is 11.5. The molecule has 0 radical (unpaired) electrons. The fourth-order valence-corrected chi connectivity index (χ4v) is 2.76. The Hall–Kier alpha value is -2.34. The number of pyridine rings is 1. The van der Waals surface area contributed by atoms with Crippen LogP contribution in [0.3, 0.4) is 0 Å². The highest BCUT2D eigenvalue weighted by molar-refractivity contribution is 6.35. The summed E-state index contributed by atoms with van der Waals surface area (Å²) in [5, 5.41) is 23.5. The van der Waals surface area contributed by atoms with Crippen molar-refractivity contribution in [1.29, 1.82) is 0 Å². The van der Waals surface area contributed by atoms with Gasteiger partial charge < -0.3 is 20.5 Å². The van der Waals surface area contributed by atoms with E-state index in [4.69, 9.17) is 11.6 Å². The molecule has 1 heterocycles. The van der Waals surface area contributed by atoms with Crippen molar-refractivity contribution < 1.29 is 10.2 Å². The highest BCUT2D eigenvalue weighted by atomic mass is 35.5. The number of aliphatic hydroxyl groups is 1. The third kappa shape index (κ3) is 3.59. The van der Waals surface area contributed by atoms with Crippen molar-refractivity contribution in [3.05, 3.63) is 75.0 Å². The summed E-state index contributed by atoms with van der Waals surface area (Å²) in [6.07, 6.45) is -0.707. The number of phenols is 1. The van der Waals surface area contributed by atoms with Crippen LogP contribution in [0.2, 0.25) is 5.02 Å².